The second-order valence-corrected chi connectivity index (χ2v) is 0.978. The molecule has 0 saturated heterocycles. The van der Waals surface area contributed by atoms with E-state index in [9.17, 15) is 8.78 Å². The van der Waals surface area contributed by atoms with Gasteiger partial charge in [-0.25, -0.2) is 0 Å². The highest BCUT2D eigenvalue weighted by molar-refractivity contribution is 4.36. The molecule has 0 aliphatic rings. The lowest BCUT2D eigenvalue weighted by Crippen LogP contribution is -2.23. The van der Waals surface area contributed by atoms with Gasteiger partial charge < -0.3 is 5.11 Å². The van der Waals surface area contributed by atoms with Gasteiger partial charge in [0, 0.05) is 6.54 Å². The summed E-state index contributed by atoms with van der Waals surface area (Å²) in [5.41, 5.74) is 0. The van der Waals surface area contributed by atoms with Crippen LogP contribution in [0.15, 0.2) is 0 Å². The van der Waals surface area contributed by atoms with E-state index < -0.39 is 6.55 Å². The number of hydrogen-bond acceptors (Lipinski definition) is 2. The van der Waals surface area contributed by atoms with Gasteiger partial charge in [-0.3, -0.25) is 5.32 Å². The molecule has 0 atom stereocenters. The van der Waals surface area contributed by atoms with Gasteiger partial charge >= 0.3 is 0 Å². The van der Waals surface area contributed by atoms with E-state index in [0.717, 1.165) is 0 Å². The molecule has 7 heavy (non-hydrogen) atoms. The van der Waals surface area contributed by atoms with Crippen LogP contribution in [0.4, 0.5) is 8.78 Å². The molecule has 0 rings (SSSR count). The molecule has 0 amide bonds. The third-order valence-electron chi connectivity index (χ3n) is 0.410. The number of alkyl halides is 2. The van der Waals surface area contributed by atoms with Crippen LogP contribution >= 0.6 is 0 Å². The van der Waals surface area contributed by atoms with Gasteiger partial charge in [-0.1, -0.05) is 0 Å². The lowest BCUT2D eigenvalue weighted by Gasteiger charge is -1.96. The molecule has 0 saturated carbocycles. The van der Waals surface area contributed by atoms with E-state index in [1.54, 1.807) is 5.32 Å². The van der Waals surface area contributed by atoms with Crippen molar-refractivity contribution in [2.24, 2.45) is 0 Å². The molecule has 0 aliphatic heterocycles. The Morgan fingerprint density at radius 3 is 2.29 bits per heavy atom. The number of aliphatic hydroxyl groups excluding tert-OH is 1. The predicted octanol–water partition coefficient (Wildman–Crippen LogP) is -0.209. The van der Waals surface area contributed by atoms with Crippen LogP contribution in [0.1, 0.15) is 0 Å². The van der Waals surface area contributed by atoms with Crippen molar-refractivity contribution in [3.63, 3.8) is 0 Å². The molecule has 0 aromatic heterocycles. The lowest BCUT2D eigenvalue weighted by molar-refractivity contribution is 0.100. The molecule has 4 heteroatoms. The zero-order chi connectivity index (χ0) is 5.70. The fourth-order valence-electron chi connectivity index (χ4n) is 0.174. The number of hydrogen-bond donors (Lipinski definition) is 2. The summed E-state index contributed by atoms with van der Waals surface area (Å²) in [4.78, 5) is 0. The first-order valence-electron chi connectivity index (χ1n) is 1.89. The van der Waals surface area contributed by atoms with Crippen LogP contribution in [0.3, 0.4) is 0 Å². The Morgan fingerprint density at radius 2 is 2.14 bits per heavy atom. The second kappa shape index (κ2) is 3.95. The molecule has 0 bridgehead atoms. The van der Waals surface area contributed by atoms with Gasteiger partial charge in [-0.15, -0.1) is 0 Å². The number of halogens is 2. The summed E-state index contributed by atoms with van der Waals surface area (Å²) in [7, 11) is 0. The van der Waals surface area contributed by atoms with Crippen molar-refractivity contribution in [1.82, 2.24) is 5.32 Å². The summed E-state index contributed by atoms with van der Waals surface area (Å²) in [5.74, 6) is 0. The molecular weight excluding hydrogens is 104 g/mol. The van der Waals surface area contributed by atoms with Crippen LogP contribution in [0.25, 0.3) is 0 Å². The van der Waals surface area contributed by atoms with Gasteiger partial charge in [0.1, 0.15) is 0 Å². The van der Waals surface area contributed by atoms with E-state index in [1.807, 2.05) is 0 Å². The summed E-state index contributed by atoms with van der Waals surface area (Å²) >= 11 is 0. The smallest absolute Gasteiger partial charge is 0.292 e. The number of aliphatic hydroxyl groups is 1. The molecule has 2 nitrogen and oxygen atoms in total. The molecule has 0 radical (unpaired) electrons. The van der Waals surface area contributed by atoms with Crippen molar-refractivity contribution in [1.29, 1.82) is 0 Å². The average Bonchev–Trinajstić information content (AvgIpc) is 1.61. The fourth-order valence-corrected chi connectivity index (χ4v) is 0.174. The normalized spacial score (nSPS) is 10.3. The first-order chi connectivity index (χ1) is 3.27. The number of nitrogens with one attached hydrogen (secondary N) is 1. The molecule has 0 aromatic carbocycles. The molecule has 44 valence electrons. The third kappa shape index (κ3) is 5.78. The minimum absolute atomic E-state index is 0.0440. The Morgan fingerprint density at radius 1 is 1.57 bits per heavy atom. The van der Waals surface area contributed by atoms with Crippen LogP contribution in [0.5, 0.6) is 0 Å². The van der Waals surface area contributed by atoms with Crippen molar-refractivity contribution in [2.75, 3.05) is 13.2 Å². The first kappa shape index (κ1) is 6.78. The number of rotatable bonds is 3. The van der Waals surface area contributed by atoms with E-state index in [2.05, 4.69) is 0 Å². The molecule has 0 spiro atoms. The Bertz CT molecular complexity index is 41.9. The molecule has 0 aliphatic carbocycles. The van der Waals surface area contributed by atoms with Gasteiger partial charge in [-0.05, 0) is 0 Å². The highest BCUT2D eigenvalue weighted by atomic mass is 19.3. The Labute approximate surface area is 40.1 Å². The van der Waals surface area contributed by atoms with E-state index >= 15 is 0 Å². The van der Waals surface area contributed by atoms with Crippen LogP contribution in [-0.2, 0) is 0 Å². The van der Waals surface area contributed by atoms with Crippen molar-refractivity contribution in [3.8, 4) is 0 Å². The zero-order valence-corrected chi connectivity index (χ0v) is 3.69. The highest BCUT2D eigenvalue weighted by Crippen LogP contribution is 1.81. The molecule has 2 N–H and O–H groups in total. The Kier molecular flexibility index (Phi) is 3.83. The summed E-state index contributed by atoms with van der Waals surface area (Å²) in [6, 6.07) is 0. The largest absolute Gasteiger partial charge is 0.395 e. The second-order valence-electron chi connectivity index (χ2n) is 0.978. The van der Waals surface area contributed by atoms with E-state index in [4.69, 9.17) is 5.11 Å². The van der Waals surface area contributed by atoms with Gasteiger partial charge in [-0.2, -0.15) is 8.78 Å². The van der Waals surface area contributed by atoms with Crippen molar-refractivity contribution >= 4 is 0 Å². The van der Waals surface area contributed by atoms with E-state index in [0.29, 0.717) is 0 Å². The summed E-state index contributed by atoms with van der Waals surface area (Å²) in [6.45, 7) is -2.80. The summed E-state index contributed by atoms with van der Waals surface area (Å²) < 4.78 is 22.0. The van der Waals surface area contributed by atoms with Crippen LogP contribution in [0, 0.1) is 0 Å². The third-order valence-corrected chi connectivity index (χ3v) is 0.410. The average molecular weight is 111 g/mol. The van der Waals surface area contributed by atoms with Crippen LogP contribution < -0.4 is 5.32 Å². The maximum absolute atomic E-state index is 11.0. The summed E-state index contributed by atoms with van der Waals surface area (Å²) in [5, 5.41) is 9.63. The zero-order valence-electron chi connectivity index (χ0n) is 3.69. The van der Waals surface area contributed by atoms with Gasteiger partial charge in [0.15, 0.2) is 0 Å². The standard InChI is InChI=1S/C3H7F2NO/c4-3(5)6-1-2-7/h3,6-7H,1-2H2. The lowest BCUT2D eigenvalue weighted by atomic mass is 10.7. The summed E-state index contributed by atoms with van der Waals surface area (Å²) in [6.07, 6.45) is 0. The van der Waals surface area contributed by atoms with Gasteiger partial charge in [0.2, 0.25) is 0 Å². The van der Waals surface area contributed by atoms with Crippen LogP contribution in [-0.4, -0.2) is 24.8 Å². The van der Waals surface area contributed by atoms with Crippen molar-refractivity contribution in [3.05, 3.63) is 0 Å². The van der Waals surface area contributed by atoms with Crippen molar-refractivity contribution in [2.45, 2.75) is 6.55 Å². The predicted molar refractivity (Wildman–Crippen MR) is 21.1 cm³/mol. The van der Waals surface area contributed by atoms with E-state index in [1.165, 1.54) is 0 Å². The minimum Gasteiger partial charge on any atom is -0.395 e. The van der Waals surface area contributed by atoms with E-state index in [-0.39, 0.29) is 13.2 Å². The molecule has 0 fully saturated rings. The topological polar surface area (TPSA) is 32.3 Å². The van der Waals surface area contributed by atoms with Crippen LogP contribution in [0.2, 0.25) is 0 Å². The molecule has 0 unspecified atom stereocenters. The maximum atomic E-state index is 11.0. The van der Waals surface area contributed by atoms with Gasteiger partial charge in [0.25, 0.3) is 6.55 Å². The van der Waals surface area contributed by atoms with Crippen molar-refractivity contribution < 1.29 is 13.9 Å². The molecular formula is C3H7F2NO. The highest BCUT2D eigenvalue weighted by Gasteiger charge is 1.95. The fraction of sp³-hybridized carbons (Fsp3) is 1.00. The first-order valence-corrected chi connectivity index (χ1v) is 1.89. The molecule has 0 heterocycles. The van der Waals surface area contributed by atoms with Gasteiger partial charge in [0.05, 0.1) is 6.61 Å². The minimum atomic E-state index is -2.51. The molecule has 0 aromatic rings. The Balaban J connectivity index is 2.68. The maximum Gasteiger partial charge on any atom is 0.292 e. The SMILES string of the molecule is OCCNC(F)F. The monoisotopic (exact) mass is 111 g/mol. The Hall–Kier alpha value is -0.220. The quantitative estimate of drug-likeness (QED) is 0.494.